The highest BCUT2D eigenvalue weighted by Crippen LogP contribution is 2.20. The molecule has 0 N–H and O–H groups in total. The van der Waals surface area contributed by atoms with Crippen molar-refractivity contribution >= 4 is 6.21 Å². The van der Waals surface area contributed by atoms with Crippen molar-refractivity contribution in [1.29, 1.82) is 0 Å². The quantitative estimate of drug-likeness (QED) is 0.466. The number of hydrogen-bond donors (Lipinski definition) is 0. The lowest BCUT2D eigenvalue weighted by Crippen LogP contribution is -2.03. The van der Waals surface area contributed by atoms with Gasteiger partial charge in [-0.25, -0.2) is 0 Å². The molecular formula is C15H18F3N. The lowest BCUT2D eigenvalue weighted by molar-refractivity contribution is -0.125. The fourth-order valence-corrected chi connectivity index (χ4v) is 1.17. The molecule has 0 fully saturated rings. The normalized spacial score (nSPS) is 15.0. The number of allylic oxidation sites excluding steroid dienone is 7. The first-order valence-electron chi connectivity index (χ1n) is 5.82. The summed E-state index contributed by atoms with van der Waals surface area (Å²) >= 11 is 0. The number of nitrogens with zero attached hydrogens (tertiary/aromatic N) is 1. The lowest BCUT2D eigenvalue weighted by Gasteiger charge is -2.01. The van der Waals surface area contributed by atoms with E-state index in [0.29, 0.717) is 11.3 Å². The van der Waals surface area contributed by atoms with Gasteiger partial charge in [-0.05, 0) is 25.5 Å². The number of alkyl halides is 3. The maximum absolute atomic E-state index is 12.0. The fraction of sp³-hybridized carbons (Fsp3) is 0.267. The third-order valence-corrected chi connectivity index (χ3v) is 1.99. The molecule has 0 aromatic rings. The molecular weight excluding hydrogens is 251 g/mol. The molecule has 0 bridgehead atoms. The van der Waals surface area contributed by atoms with Gasteiger partial charge in [-0.15, -0.1) is 0 Å². The van der Waals surface area contributed by atoms with Gasteiger partial charge in [-0.1, -0.05) is 43.0 Å². The van der Waals surface area contributed by atoms with E-state index < -0.39 is 12.6 Å². The maximum atomic E-state index is 12.0. The minimum absolute atomic E-state index is 0.646. The van der Waals surface area contributed by atoms with Gasteiger partial charge in [-0.2, -0.15) is 13.2 Å². The summed E-state index contributed by atoms with van der Waals surface area (Å²) in [6.07, 6.45) is 7.44. The highest BCUT2D eigenvalue weighted by molar-refractivity contribution is 5.58. The Balaban J connectivity index is 5.01. The van der Waals surface area contributed by atoms with E-state index in [9.17, 15) is 13.2 Å². The van der Waals surface area contributed by atoms with Crippen LogP contribution < -0.4 is 0 Å². The summed E-state index contributed by atoms with van der Waals surface area (Å²) in [7, 11) is 0. The fourth-order valence-electron chi connectivity index (χ4n) is 1.17. The Kier molecular flexibility index (Phi) is 8.25. The molecule has 4 heteroatoms. The van der Waals surface area contributed by atoms with E-state index in [-0.39, 0.29) is 0 Å². The van der Waals surface area contributed by atoms with E-state index in [0.717, 1.165) is 6.08 Å². The first-order chi connectivity index (χ1) is 8.94. The Morgan fingerprint density at radius 3 is 2.32 bits per heavy atom. The Morgan fingerprint density at radius 2 is 1.84 bits per heavy atom. The number of hydrogen-bond acceptors (Lipinski definition) is 1. The van der Waals surface area contributed by atoms with Crippen molar-refractivity contribution in [3.63, 3.8) is 0 Å². The molecule has 0 aromatic carbocycles. The molecule has 19 heavy (non-hydrogen) atoms. The second-order valence-corrected chi connectivity index (χ2v) is 3.54. The van der Waals surface area contributed by atoms with Gasteiger partial charge in [0.05, 0.1) is 12.1 Å². The number of rotatable bonds is 6. The molecule has 0 amide bonds. The molecule has 0 aliphatic rings. The lowest BCUT2D eigenvalue weighted by atomic mass is 10.1. The monoisotopic (exact) mass is 269 g/mol. The first-order valence-corrected chi connectivity index (χ1v) is 5.82. The third-order valence-electron chi connectivity index (χ3n) is 1.99. The van der Waals surface area contributed by atoms with Crippen LogP contribution in [-0.4, -0.2) is 12.4 Å². The van der Waals surface area contributed by atoms with E-state index in [4.69, 9.17) is 0 Å². The summed E-state index contributed by atoms with van der Waals surface area (Å²) < 4.78 is 35.9. The molecule has 0 atom stereocenters. The third kappa shape index (κ3) is 8.83. The average Bonchev–Trinajstić information content (AvgIpc) is 2.34. The van der Waals surface area contributed by atoms with Crippen molar-refractivity contribution in [2.45, 2.75) is 26.4 Å². The van der Waals surface area contributed by atoms with Crippen LogP contribution in [0.3, 0.4) is 0 Å². The summed E-state index contributed by atoms with van der Waals surface area (Å²) in [4.78, 5) is 4.15. The Morgan fingerprint density at radius 1 is 1.16 bits per heavy atom. The van der Waals surface area contributed by atoms with Gasteiger partial charge in [0.1, 0.15) is 0 Å². The van der Waals surface area contributed by atoms with Crippen molar-refractivity contribution in [1.82, 2.24) is 0 Å². The molecule has 0 rings (SSSR count). The minimum atomic E-state index is -4.18. The van der Waals surface area contributed by atoms with Gasteiger partial charge in [-0.3, -0.25) is 4.99 Å². The highest BCUT2D eigenvalue weighted by Gasteiger charge is 2.24. The molecule has 0 aliphatic carbocycles. The summed E-state index contributed by atoms with van der Waals surface area (Å²) in [5.74, 6) is 0. The molecule has 0 aromatic heterocycles. The van der Waals surface area contributed by atoms with Crippen molar-refractivity contribution in [2.75, 3.05) is 0 Å². The van der Waals surface area contributed by atoms with Crippen LogP contribution in [0.1, 0.15) is 20.3 Å². The molecule has 0 aliphatic heterocycles. The first kappa shape index (κ1) is 17.2. The molecule has 0 saturated heterocycles. The second-order valence-electron chi connectivity index (χ2n) is 3.54. The van der Waals surface area contributed by atoms with Crippen molar-refractivity contribution in [2.24, 2.45) is 4.99 Å². The molecule has 0 heterocycles. The smallest absolute Gasteiger partial charge is 0.261 e. The van der Waals surface area contributed by atoms with Gasteiger partial charge in [0, 0.05) is 6.21 Å². The number of halogens is 3. The van der Waals surface area contributed by atoms with Gasteiger partial charge in [0.2, 0.25) is 0 Å². The molecule has 104 valence electrons. The predicted octanol–water partition coefficient (Wildman–Crippen LogP) is 5.16. The van der Waals surface area contributed by atoms with Crippen LogP contribution in [0.15, 0.2) is 65.4 Å². The summed E-state index contributed by atoms with van der Waals surface area (Å²) in [5, 5.41) is 0. The van der Waals surface area contributed by atoms with E-state index in [1.165, 1.54) is 6.08 Å². The zero-order valence-electron chi connectivity index (χ0n) is 11.1. The Hall–Kier alpha value is -1.84. The molecule has 0 spiro atoms. The summed E-state index contributed by atoms with van der Waals surface area (Å²) in [6.45, 7) is 7.27. The SMILES string of the molecule is C=CC(=C\C=C/CC(F)(F)F)/C(=C/C=C\C)N=CC. The summed E-state index contributed by atoms with van der Waals surface area (Å²) in [5.41, 5.74) is 1.31. The molecule has 0 saturated carbocycles. The van der Waals surface area contributed by atoms with Crippen LogP contribution in [-0.2, 0) is 0 Å². The maximum Gasteiger partial charge on any atom is 0.392 e. The minimum Gasteiger partial charge on any atom is -0.261 e. The predicted molar refractivity (Wildman–Crippen MR) is 75.2 cm³/mol. The van der Waals surface area contributed by atoms with Crippen LogP contribution in [0.5, 0.6) is 0 Å². The number of aliphatic imine (C=N–C) groups is 1. The van der Waals surface area contributed by atoms with Crippen LogP contribution in [0.2, 0.25) is 0 Å². The zero-order valence-corrected chi connectivity index (χ0v) is 11.1. The zero-order chi connectivity index (χ0) is 14.7. The van der Waals surface area contributed by atoms with E-state index in [1.807, 2.05) is 13.0 Å². The van der Waals surface area contributed by atoms with Crippen LogP contribution >= 0.6 is 0 Å². The highest BCUT2D eigenvalue weighted by atomic mass is 19.4. The van der Waals surface area contributed by atoms with E-state index in [1.54, 1.807) is 37.4 Å². The topological polar surface area (TPSA) is 12.4 Å². The second kappa shape index (κ2) is 9.14. The Bertz CT molecular complexity index is 421. The van der Waals surface area contributed by atoms with Gasteiger partial charge >= 0.3 is 6.18 Å². The standard InChI is InChI=1S/C15H18F3N/c1-4-7-11-14(19-6-3)13(5-2)10-8-9-12-15(16,17)18/h4-11H,2,12H2,1,3H3/b7-4-,9-8-,13-10+,14-11-,19-6?. The van der Waals surface area contributed by atoms with Crippen LogP contribution in [0, 0.1) is 0 Å². The van der Waals surface area contributed by atoms with E-state index >= 15 is 0 Å². The van der Waals surface area contributed by atoms with Gasteiger partial charge in [0.15, 0.2) is 0 Å². The molecule has 0 unspecified atom stereocenters. The molecule has 1 nitrogen and oxygen atoms in total. The Labute approximate surface area is 112 Å². The van der Waals surface area contributed by atoms with Crippen LogP contribution in [0.25, 0.3) is 0 Å². The average molecular weight is 269 g/mol. The van der Waals surface area contributed by atoms with Gasteiger partial charge in [0.25, 0.3) is 0 Å². The van der Waals surface area contributed by atoms with Gasteiger partial charge < -0.3 is 0 Å². The van der Waals surface area contributed by atoms with Crippen LogP contribution in [0.4, 0.5) is 13.2 Å². The molecule has 0 radical (unpaired) electrons. The van der Waals surface area contributed by atoms with Crippen molar-refractivity contribution in [3.8, 4) is 0 Å². The van der Waals surface area contributed by atoms with Crippen molar-refractivity contribution < 1.29 is 13.2 Å². The van der Waals surface area contributed by atoms with Crippen molar-refractivity contribution in [3.05, 3.63) is 60.4 Å². The largest absolute Gasteiger partial charge is 0.392 e. The van der Waals surface area contributed by atoms with E-state index in [2.05, 4.69) is 11.6 Å². The summed E-state index contributed by atoms with van der Waals surface area (Å²) in [6, 6.07) is 0.